The van der Waals surface area contributed by atoms with Crippen molar-refractivity contribution in [3.8, 4) is 0 Å². The summed E-state index contributed by atoms with van der Waals surface area (Å²) in [6.45, 7) is -1.23. The Hall–Kier alpha value is -0.240. The Balaban J connectivity index is 4.21. The van der Waals surface area contributed by atoms with Gasteiger partial charge in [0.15, 0.2) is 0 Å². The van der Waals surface area contributed by atoms with E-state index < -0.39 is 37.6 Å². The van der Waals surface area contributed by atoms with Gasteiger partial charge in [0.05, 0.1) is 13.2 Å². The summed E-state index contributed by atoms with van der Waals surface area (Å²) in [5.74, 6) is 0. The summed E-state index contributed by atoms with van der Waals surface area (Å²) in [5, 5.41) is 44.4. The molecule has 0 aromatic heterocycles. The summed E-state index contributed by atoms with van der Waals surface area (Å²) >= 11 is 0. The molecular weight excluding hydrogens is 180 g/mol. The zero-order valence-electron chi connectivity index (χ0n) is 7.37. The second-order valence-corrected chi connectivity index (χ2v) is 2.69. The topological polar surface area (TPSA) is 110 Å². The van der Waals surface area contributed by atoms with Gasteiger partial charge in [-0.15, -0.1) is 0 Å². The Bertz CT molecular complexity index is 130. The minimum Gasteiger partial charge on any atom is -0.394 e. The summed E-state index contributed by atoms with van der Waals surface area (Å²) in [7, 11) is 1.22. The van der Waals surface area contributed by atoms with Crippen molar-refractivity contribution >= 4 is 0 Å². The van der Waals surface area contributed by atoms with Crippen LogP contribution in [-0.4, -0.2) is 70.3 Å². The molecule has 13 heavy (non-hydrogen) atoms. The molecule has 0 aromatic carbocycles. The minimum absolute atomic E-state index is 0.590. The van der Waals surface area contributed by atoms with Crippen molar-refractivity contribution in [3.63, 3.8) is 0 Å². The van der Waals surface area contributed by atoms with Crippen molar-refractivity contribution in [2.45, 2.75) is 24.4 Å². The van der Waals surface area contributed by atoms with Crippen LogP contribution in [0.25, 0.3) is 0 Å². The standard InChI is InChI=1S/C7H16O6/c1-13-7(5(11)3-9)6(12)4(10)2-8/h4-12H,2-3H2,1H3/t4-,5+,6+,7-/m0/s1. The summed E-state index contributed by atoms with van der Waals surface area (Å²) in [6.07, 6.45) is -5.24. The smallest absolute Gasteiger partial charge is 0.114 e. The lowest BCUT2D eigenvalue weighted by atomic mass is 10.0. The van der Waals surface area contributed by atoms with Gasteiger partial charge in [-0.1, -0.05) is 0 Å². The molecule has 0 aliphatic heterocycles. The van der Waals surface area contributed by atoms with Gasteiger partial charge < -0.3 is 30.3 Å². The van der Waals surface area contributed by atoms with E-state index in [0.29, 0.717) is 0 Å². The first kappa shape index (κ1) is 12.8. The Morgan fingerprint density at radius 2 is 1.46 bits per heavy atom. The quantitative estimate of drug-likeness (QED) is 0.311. The van der Waals surface area contributed by atoms with Crippen LogP contribution >= 0.6 is 0 Å². The van der Waals surface area contributed by atoms with Crippen molar-refractivity contribution in [2.75, 3.05) is 20.3 Å². The third kappa shape index (κ3) is 3.55. The first-order valence-corrected chi connectivity index (χ1v) is 3.87. The molecule has 0 aliphatic rings. The Morgan fingerprint density at radius 1 is 1.00 bits per heavy atom. The van der Waals surface area contributed by atoms with Crippen LogP contribution in [-0.2, 0) is 4.74 Å². The second kappa shape index (κ2) is 6.25. The van der Waals surface area contributed by atoms with Gasteiger partial charge in [0.1, 0.15) is 24.4 Å². The largest absolute Gasteiger partial charge is 0.394 e. The van der Waals surface area contributed by atoms with Crippen LogP contribution in [0.15, 0.2) is 0 Å². The van der Waals surface area contributed by atoms with E-state index in [1.54, 1.807) is 0 Å². The first-order valence-electron chi connectivity index (χ1n) is 3.87. The molecule has 0 rings (SSSR count). The fourth-order valence-corrected chi connectivity index (χ4v) is 0.955. The van der Waals surface area contributed by atoms with Gasteiger partial charge in [-0.3, -0.25) is 0 Å². The van der Waals surface area contributed by atoms with E-state index in [1.807, 2.05) is 0 Å². The van der Waals surface area contributed by atoms with E-state index in [2.05, 4.69) is 4.74 Å². The molecule has 0 heterocycles. The Morgan fingerprint density at radius 3 is 1.77 bits per heavy atom. The lowest BCUT2D eigenvalue weighted by Gasteiger charge is -2.27. The molecule has 0 aromatic rings. The van der Waals surface area contributed by atoms with Crippen LogP contribution in [0, 0.1) is 0 Å². The molecule has 0 bridgehead atoms. The van der Waals surface area contributed by atoms with Crippen molar-refractivity contribution in [1.29, 1.82) is 0 Å². The van der Waals surface area contributed by atoms with Gasteiger partial charge in [-0.25, -0.2) is 0 Å². The third-order valence-electron chi connectivity index (χ3n) is 1.76. The zero-order chi connectivity index (χ0) is 10.4. The maximum absolute atomic E-state index is 9.27. The Labute approximate surface area is 76.0 Å². The second-order valence-electron chi connectivity index (χ2n) is 2.69. The highest BCUT2D eigenvalue weighted by molar-refractivity contribution is 4.81. The van der Waals surface area contributed by atoms with Gasteiger partial charge in [-0.2, -0.15) is 0 Å². The van der Waals surface area contributed by atoms with Gasteiger partial charge in [0.2, 0.25) is 0 Å². The van der Waals surface area contributed by atoms with Gasteiger partial charge in [0, 0.05) is 7.11 Å². The molecule has 4 atom stereocenters. The maximum Gasteiger partial charge on any atom is 0.114 e. The first-order chi connectivity index (χ1) is 6.08. The van der Waals surface area contributed by atoms with Crippen molar-refractivity contribution in [2.24, 2.45) is 0 Å². The summed E-state index contributed by atoms with van der Waals surface area (Å²) in [6, 6.07) is 0. The fourth-order valence-electron chi connectivity index (χ4n) is 0.955. The van der Waals surface area contributed by atoms with E-state index in [1.165, 1.54) is 7.11 Å². The molecule has 0 aliphatic carbocycles. The predicted molar refractivity (Wildman–Crippen MR) is 43.0 cm³/mol. The molecule has 0 amide bonds. The van der Waals surface area contributed by atoms with Gasteiger partial charge in [-0.05, 0) is 0 Å². The van der Waals surface area contributed by atoms with Crippen LogP contribution in [0.5, 0.6) is 0 Å². The molecule has 5 N–H and O–H groups in total. The van der Waals surface area contributed by atoms with Crippen LogP contribution in [0.4, 0.5) is 0 Å². The lowest BCUT2D eigenvalue weighted by Crippen LogP contribution is -2.48. The van der Waals surface area contributed by atoms with Crippen molar-refractivity contribution in [3.05, 3.63) is 0 Å². The summed E-state index contributed by atoms with van der Waals surface area (Å²) in [5.41, 5.74) is 0. The van der Waals surface area contributed by atoms with E-state index in [9.17, 15) is 5.11 Å². The highest BCUT2D eigenvalue weighted by Gasteiger charge is 2.31. The highest BCUT2D eigenvalue weighted by Crippen LogP contribution is 2.08. The zero-order valence-corrected chi connectivity index (χ0v) is 7.37. The number of rotatable bonds is 6. The number of methoxy groups -OCH3 is 1. The number of aliphatic hydroxyl groups is 5. The molecule has 0 spiro atoms. The average molecular weight is 196 g/mol. The number of hydrogen-bond donors (Lipinski definition) is 5. The van der Waals surface area contributed by atoms with Gasteiger partial charge in [0.25, 0.3) is 0 Å². The van der Waals surface area contributed by atoms with Crippen molar-refractivity contribution in [1.82, 2.24) is 0 Å². The van der Waals surface area contributed by atoms with E-state index in [4.69, 9.17) is 20.4 Å². The monoisotopic (exact) mass is 196 g/mol. The fraction of sp³-hybridized carbons (Fsp3) is 1.00. The normalized spacial score (nSPS) is 20.8. The highest BCUT2D eigenvalue weighted by atomic mass is 16.5. The third-order valence-corrected chi connectivity index (χ3v) is 1.76. The lowest BCUT2D eigenvalue weighted by molar-refractivity contribution is -0.137. The van der Waals surface area contributed by atoms with Crippen LogP contribution in [0.2, 0.25) is 0 Å². The molecule has 0 radical (unpaired) electrons. The summed E-state index contributed by atoms with van der Waals surface area (Å²) in [4.78, 5) is 0. The number of hydrogen-bond acceptors (Lipinski definition) is 6. The minimum atomic E-state index is -1.43. The maximum atomic E-state index is 9.27. The van der Waals surface area contributed by atoms with Crippen molar-refractivity contribution < 1.29 is 30.3 Å². The number of ether oxygens (including phenoxy) is 1. The predicted octanol–water partition coefficient (Wildman–Crippen LogP) is -2.93. The SMILES string of the molecule is CO[C@H]([C@H](O)[C@@H](O)CO)[C@H](O)CO. The van der Waals surface area contributed by atoms with Gasteiger partial charge >= 0.3 is 0 Å². The van der Waals surface area contributed by atoms with Crippen LogP contribution in [0.1, 0.15) is 0 Å². The molecule has 0 fully saturated rings. The van der Waals surface area contributed by atoms with E-state index >= 15 is 0 Å². The molecule has 0 saturated carbocycles. The molecule has 6 heteroatoms. The molecule has 0 unspecified atom stereocenters. The Kier molecular flexibility index (Phi) is 6.13. The average Bonchev–Trinajstić information content (AvgIpc) is 2.17. The molecule has 0 saturated heterocycles. The van der Waals surface area contributed by atoms with E-state index in [-0.39, 0.29) is 0 Å². The number of aliphatic hydroxyl groups excluding tert-OH is 5. The van der Waals surface area contributed by atoms with Crippen LogP contribution in [0.3, 0.4) is 0 Å². The van der Waals surface area contributed by atoms with E-state index in [0.717, 1.165) is 0 Å². The molecular formula is C7H16O6. The molecule has 80 valence electrons. The summed E-state index contributed by atoms with van der Waals surface area (Å²) < 4.78 is 4.66. The van der Waals surface area contributed by atoms with Crippen LogP contribution < -0.4 is 0 Å². The molecule has 6 nitrogen and oxygen atoms in total.